The van der Waals surface area contributed by atoms with E-state index >= 15 is 0 Å². The zero-order valence-corrected chi connectivity index (χ0v) is 8.41. The van der Waals surface area contributed by atoms with E-state index in [-0.39, 0.29) is 6.10 Å². The summed E-state index contributed by atoms with van der Waals surface area (Å²) in [6.07, 6.45) is 2.72. The molecule has 4 heteroatoms. The molecular weight excluding hydrogens is 172 g/mol. The molecule has 0 spiro atoms. The molecule has 1 aliphatic carbocycles. The third-order valence-electron chi connectivity index (χ3n) is 1.87. The van der Waals surface area contributed by atoms with Crippen molar-refractivity contribution < 1.29 is 4.74 Å². The molecule has 0 heterocycles. The van der Waals surface area contributed by atoms with E-state index in [9.17, 15) is 0 Å². The summed E-state index contributed by atoms with van der Waals surface area (Å²) < 4.78 is 5.07. The van der Waals surface area contributed by atoms with Crippen LogP contribution in [0.1, 0.15) is 19.8 Å². The number of ether oxygens (including phenoxy) is 1. The van der Waals surface area contributed by atoms with Gasteiger partial charge in [-0.25, -0.2) is 0 Å². The number of hydrogen-bond acceptors (Lipinski definition) is 2. The second kappa shape index (κ2) is 4.62. The van der Waals surface area contributed by atoms with Crippen LogP contribution < -0.4 is 10.6 Å². The number of hydrogen-bond donors (Lipinski definition) is 2. The number of rotatable bonds is 4. The van der Waals surface area contributed by atoms with Gasteiger partial charge >= 0.3 is 0 Å². The minimum absolute atomic E-state index is 0.212. The van der Waals surface area contributed by atoms with E-state index in [0.717, 1.165) is 11.7 Å². The molecule has 0 saturated heterocycles. The smallest absolute Gasteiger partial charge is 0.166 e. The Labute approximate surface area is 78.9 Å². The normalized spacial score (nSPS) is 18.5. The lowest BCUT2D eigenvalue weighted by Gasteiger charge is -2.13. The summed E-state index contributed by atoms with van der Waals surface area (Å²) in [4.78, 5) is 0. The molecule has 12 heavy (non-hydrogen) atoms. The van der Waals surface area contributed by atoms with Gasteiger partial charge in [-0.15, -0.1) is 0 Å². The van der Waals surface area contributed by atoms with E-state index in [1.165, 1.54) is 12.8 Å². The Morgan fingerprint density at radius 3 is 2.83 bits per heavy atom. The molecule has 1 aliphatic rings. The first-order valence-electron chi connectivity index (χ1n) is 4.29. The molecule has 0 amide bonds. The summed E-state index contributed by atoms with van der Waals surface area (Å²) >= 11 is 5.06. The van der Waals surface area contributed by atoms with Crippen LogP contribution in [0.5, 0.6) is 0 Å². The van der Waals surface area contributed by atoms with Crippen LogP contribution in [0.25, 0.3) is 0 Å². The van der Waals surface area contributed by atoms with Crippen molar-refractivity contribution in [3.8, 4) is 0 Å². The van der Waals surface area contributed by atoms with E-state index in [2.05, 4.69) is 10.6 Å². The Kier molecular flexibility index (Phi) is 3.75. The van der Waals surface area contributed by atoms with Crippen molar-refractivity contribution in [3.63, 3.8) is 0 Å². The first-order chi connectivity index (χ1) is 5.72. The highest BCUT2D eigenvalue weighted by atomic mass is 32.1. The SMILES string of the molecule is COC(C)CNC(=S)NC1CC1. The van der Waals surface area contributed by atoms with Crippen LogP contribution in [0.3, 0.4) is 0 Å². The molecule has 1 saturated carbocycles. The summed E-state index contributed by atoms with van der Waals surface area (Å²) in [5.41, 5.74) is 0. The van der Waals surface area contributed by atoms with E-state index in [1.807, 2.05) is 6.92 Å². The first-order valence-corrected chi connectivity index (χ1v) is 4.70. The Morgan fingerprint density at radius 2 is 2.33 bits per heavy atom. The monoisotopic (exact) mass is 188 g/mol. The standard InChI is InChI=1S/C8H16N2OS/c1-6(11-2)5-9-8(12)10-7-3-4-7/h6-7H,3-5H2,1-2H3,(H2,9,10,12). The van der Waals surface area contributed by atoms with Crippen LogP contribution in [0, 0.1) is 0 Å². The Morgan fingerprint density at radius 1 is 1.67 bits per heavy atom. The topological polar surface area (TPSA) is 33.3 Å². The van der Waals surface area contributed by atoms with Crippen molar-refractivity contribution in [3.05, 3.63) is 0 Å². The van der Waals surface area contributed by atoms with Crippen LogP contribution in [0.15, 0.2) is 0 Å². The van der Waals surface area contributed by atoms with E-state index < -0.39 is 0 Å². The third-order valence-corrected chi connectivity index (χ3v) is 2.13. The Hall–Kier alpha value is -0.350. The Bertz CT molecular complexity index is 159. The lowest BCUT2D eigenvalue weighted by Crippen LogP contribution is -2.40. The van der Waals surface area contributed by atoms with Crippen molar-refractivity contribution in [2.45, 2.75) is 31.9 Å². The van der Waals surface area contributed by atoms with Gasteiger partial charge in [0.2, 0.25) is 0 Å². The molecule has 0 aliphatic heterocycles. The molecule has 0 aromatic carbocycles. The molecule has 1 unspecified atom stereocenters. The van der Waals surface area contributed by atoms with Gasteiger partial charge in [-0.2, -0.15) is 0 Å². The second-order valence-electron chi connectivity index (χ2n) is 3.17. The van der Waals surface area contributed by atoms with Gasteiger partial charge < -0.3 is 15.4 Å². The van der Waals surface area contributed by atoms with Crippen LogP contribution in [0.2, 0.25) is 0 Å². The maximum absolute atomic E-state index is 5.07. The molecule has 1 rings (SSSR count). The van der Waals surface area contributed by atoms with Crippen molar-refractivity contribution >= 4 is 17.3 Å². The van der Waals surface area contributed by atoms with Crippen molar-refractivity contribution in [2.24, 2.45) is 0 Å². The molecule has 1 atom stereocenters. The minimum atomic E-state index is 0.212. The molecule has 0 bridgehead atoms. The van der Waals surface area contributed by atoms with Crippen molar-refractivity contribution in [1.29, 1.82) is 0 Å². The predicted octanol–water partition coefficient (Wildman–Crippen LogP) is 0.648. The lowest BCUT2D eigenvalue weighted by atomic mass is 10.4. The van der Waals surface area contributed by atoms with E-state index in [1.54, 1.807) is 7.11 Å². The summed E-state index contributed by atoms with van der Waals surface area (Å²) in [5, 5.41) is 7.05. The molecular formula is C8H16N2OS. The number of methoxy groups -OCH3 is 1. The van der Waals surface area contributed by atoms with E-state index in [4.69, 9.17) is 17.0 Å². The van der Waals surface area contributed by atoms with Crippen LogP contribution in [-0.2, 0) is 4.74 Å². The highest BCUT2D eigenvalue weighted by molar-refractivity contribution is 7.80. The summed E-state index contributed by atoms with van der Waals surface area (Å²) in [6, 6.07) is 0.628. The summed E-state index contributed by atoms with van der Waals surface area (Å²) in [5.74, 6) is 0. The fraction of sp³-hybridized carbons (Fsp3) is 0.875. The minimum Gasteiger partial charge on any atom is -0.380 e. The zero-order valence-electron chi connectivity index (χ0n) is 7.59. The summed E-state index contributed by atoms with van der Waals surface area (Å²) in [6.45, 7) is 2.78. The fourth-order valence-corrected chi connectivity index (χ4v) is 1.03. The Balaban J connectivity index is 2.00. The van der Waals surface area contributed by atoms with Crippen molar-refractivity contribution in [2.75, 3.05) is 13.7 Å². The highest BCUT2D eigenvalue weighted by Crippen LogP contribution is 2.18. The van der Waals surface area contributed by atoms with Gasteiger partial charge in [0.25, 0.3) is 0 Å². The van der Waals surface area contributed by atoms with Gasteiger partial charge in [-0.05, 0) is 32.0 Å². The average molecular weight is 188 g/mol. The molecule has 3 nitrogen and oxygen atoms in total. The maximum Gasteiger partial charge on any atom is 0.166 e. The number of thiocarbonyl (C=S) groups is 1. The third kappa shape index (κ3) is 3.88. The van der Waals surface area contributed by atoms with Gasteiger partial charge in [-0.1, -0.05) is 0 Å². The maximum atomic E-state index is 5.07. The van der Waals surface area contributed by atoms with Gasteiger partial charge in [0.05, 0.1) is 6.10 Å². The fourth-order valence-electron chi connectivity index (χ4n) is 0.784. The van der Waals surface area contributed by atoms with Gasteiger partial charge in [0, 0.05) is 19.7 Å². The van der Waals surface area contributed by atoms with E-state index in [0.29, 0.717) is 6.04 Å². The van der Waals surface area contributed by atoms with Crippen LogP contribution in [0.4, 0.5) is 0 Å². The lowest BCUT2D eigenvalue weighted by molar-refractivity contribution is 0.121. The molecule has 0 aromatic heterocycles. The highest BCUT2D eigenvalue weighted by Gasteiger charge is 2.21. The zero-order chi connectivity index (χ0) is 8.97. The van der Waals surface area contributed by atoms with Crippen LogP contribution >= 0.6 is 12.2 Å². The summed E-state index contributed by atoms with van der Waals surface area (Å²) in [7, 11) is 1.70. The van der Waals surface area contributed by atoms with Gasteiger partial charge in [0.15, 0.2) is 5.11 Å². The van der Waals surface area contributed by atoms with Crippen LogP contribution in [-0.4, -0.2) is 30.9 Å². The average Bonchev–Trinajstić information content (AvgIpc) is 2.84. The van der Waals surface area contributed by atoms with Gasteiger partial charge in [0.1, 0.15) is 0 Å². The quantitative estimate of drug-likeness (QED) is 0.635. The second-order valence-corrected chi connectivity index (χ2v) is 3.58. The molecule has 2 N–H and O–H groups in total. The van der Waals surface area contributed by atoms with Crippen molar-refractivity contribution in [1.82, 2.24) is 10.6 Å². The van der Waals surface area contributed by atoms with Gasteiger partial charge in [-0.3, -0.25) is 0 Å². The molecule has 1 fully saturated rings. The molecule has 0 aromatic rings. The molecule has 70 valence electrons. The predicted molar refractivity (Wildman–Crippen MR) is 53.2 cm³/mol. The number of nitrogens with one attached hydrogen (secondary N) is 2. The largest absolute Gasteiger partial charge is 0.380 e. The first kappa shape index (κ1) is 9.74. The molecule has 0 radical (unpaired) electrons.